The van der Waals surface area contributed by atoms with Crippen LogP contribution >= 0.6 is 11.9 Å². The summed E-state index contributed by atoms with van der Waals surface area (Å²) in [4.78, 5) is 6.04. The molecule has 0 N–H and O–H groups in total. The topological polar surface area (TPSA) is 44.3 Å². The predicted molar refractivity (Wildman–Crippen MR) is 213 cm³/mol. The van der Waals surface area contributed by atoms with Gasteiger partial charge in [0.15, 0.2) is 0 Å². The van der Waals surface area contributed by atoms with Crippen LogP contribution in [-0.4, -0.2) is 14.7 Å². The van der Waals surface area contributed by atoms with E-state index < -0.39 is 0 Å². The minimum Gasteiger partial charge on any atom is -0.310 e. The molecule has 0 fully saturated rings. The average molecular weight is 671 g/mol. The Morgan fingerprint density at radius 2 is 1.39 bits per heavy atom. The lowest BCUT2D eigenvalue weighted by molar-refractivity contribution is 0.932. The summed E-state index contributed by atoms with van der Waals surface area (Å²) in [5.41, 5.74) is 12.1. The average Bonchev–Trinajstić information content (AvgIpc) is 3.42. The van der Waals surface area contributed by atoms with Crippen LogP contribution in [0, 0.1) is 11.3 Å². The van der Waals surface area contributed by atoms with E-state index in [1.807, 2.05) is 12.1 Å². The first-order valence-electron chi connectivity index (χ1n) is 17.2. The number of fused-ring (bicyclic) bond motifs is 7. The highest BCUT2D eigenvalue weighted by molar-refractivity contribution is 7.97. The number of hydrogen-bond donors (Lipinski definition) is 0. The molecule has 3 aliphatic rings. The zero-order valence-corrected chi connectivity index (χ0v) is 28.5. The van der Waals surface area contributed by atoms with Crippen LogP contribution in [0.2, 0.25) is 0 Å². The second kappa shape index (κ2) is 11.6. The van der Waals surface area contributed by atoms with Crippen molar-refractivity contribution in [2.24, 2.45) is 4.99 Å². The molecule has 7 aromatic rings. The van der Waals surface area contributed by atoms with Gasteiger partial charge in [0.05, 0.1) is 23.0 Å². The molecule has 0 unspecified atom stereocenters. The van der Waals surface area contributed by atoms with Gasteiger partial charge in [0.25, 0.3) is 0 Å². The smallest absolute Gasteiger partial charge is 0.143 e. The number of rotatable bonds is 3. The SMILES string of the molecule is C=C1N=C2C=CC(c3c4ccccc4c(-c4ccc5c(c4)c4c(n5-c5ccccc5)C=C(C#N)CC4)c4ccccc34)=CN2Sc2ccccc21. The molecule has 5 heteroatoms. The van der Waals surface area contributed by atoms with Crippen LogP contribution in [0.1, 0.15) is 28.8 Å². The van der Waals surface area contributed by atoms with Gasteiger partial charge < -0.3 is 4.57 Å². The molecule has 1 aromatic heterocycles. The molecule has 0 saturated heterocycles. The Morgan fingerprint density at radius 3 is 2.14 bits per heavy atom. The van der Waals surface area contributed by atoms with E-state index in [1.54, 1.807) is 11.9 Å². The molecular formula is C46H30N4S. The summed E-state index contributed by atoms with van der Waals surface area (Å²) >= 11 is 1.68. The van der Waals surface area contributed by atoms with Gasteiger partial charge in [-0.25, -0.2) is 4.99 Å². The minimum absolute atomic E-state index is 0.756. The highest BCUT2D eigenvalue weighted by atomic mass is 32.2. The van der Waals surface area contributed by atoms with Crippen molar-refractivity contribution in [3.8, 4) is 22.9 Å². The number of allylic oxidation sites excluding steroid dienone is 3. The fourth-order valence-electron chi connectivity index (χ4n) is 8.01. The molecule has 240 valence electrons. The normalized spacial score (nSPS) is 15.1. The maximum absolute atomic E-state index is 9.83. The first-order chi connectivity index (χ1) is 25.2. The fourth-order valence-corrected chi connectivity index (χ4v) is 9.00. The van der Waals surface area contributed by atoms with Crippen molar-refractivity contribution in [2.45, 2.75) is 17.7 Å². The van der Waals surface area contributed by atoms with Gasteiger partial charge in [0.2, 0.25) is 0 Å². The summed E-state index contributed by atoms with van der Waals surface area (Å²) in [5, 5.41) is 15.9. The molecule has 6 aromatic carbocycles. The van der Waals surface area contributed by atoms with Crippen LogP contribution in [0.15, 0.2) is 162 Å². The maximum atomic E-state index is 9.83. The minimum atomic E-state index is 0.756. The van der Waals surface area contributed by atoms with Crippen LogP contribution in [0.3, 0.4) is 0 Å². The number of nitriles is 1. The van der Waals surface area contributed by atoms with Gasteiger partial charge in [-0.2, -0.15) is 5.26 Å². The summed E-state index contributed by atoms with van der Waals surface area (Å²) in [7, 11) is 0. The molecule has 0 atom stereocenters. The second-order valence-electron chi connectivity index (χ2n) is 13.1. The summed E-state index contributed by atoms with van der Waals surface area (Å²) in [5.74, 6) is 0.867. The Bertz CT molecular complexity index is 2750. The number of para-hydroxylation sites is 1. The zero-order chi connectivity index (χ0) is 34.1. The van der Waals surface area contributed by atoms with Crippen molar-refractivity contribution in [3.05, 3.63) is 174 Å². The quantitative estimate of drug-likeness (QED) is 0.139. The van der Waals surface area contributed by atoms with Crippen molar-refractivity contribution >= 4 is 67.6 Å². The van der Waals surface area contributed by atoms with Gasteiger partial charge in [0, 0.05) is 38.9 Å². The number of benzene rings is 6. The molecular weight excluding hydrogens is 641 g/mol. The van der Waals surface area contributed by atoms with E-state index in [0.29, 0.717) is 0 Å². The number of aryl methyl sites for hydroxylation is 1. The third-order valence-electron chi connectivity index (χ3n) is 10.3. The molecule has 2 aliphatic heterocycles. The van der Waals surface area contributed by atoms with E-state index in [4.69, 9.17) is 4.99 Å². The molecule has 1 aliphatic carbocycles. The lowest BCUT2D eigenvalue weighted by Crippen LogP contribution is -2.18. The van der Waals surface area contributed by atoms with Crippen LogP contribution in [-0.2, 0) is 6.42 Å². The molecule has 0 amide bonds. The third kappa shape index (κ3) is 4.65. The van der Waals surface area contributed by atoms with Crippen LogP contribution < -0.4 is 0 Å². The third-order valence-corrected chi connectivity index (χ3v) is 11.3. The van der Waals surface area contributed by atoms with Gasteiger partial charge >= 0.3 is 0 Å². The molecule has 0 radical (unpaired) electrons. The second-order valence-corrected chi connectivity index (χ2v) is 14.2. The van der Waals surface area contributed by atoms with Gasteiger partial charge in [-0.15, -0.1) is 0 Å². The van der Waals surface area contributed by atoms with E-state index >= 15 is 0 Å². The highest BCUT2D eigenvalue weighted by Gasteiger charge is 2.25. The first-order valence-corrected chi connectivity index (χ1v) is 18.0. The van der Waals surface area contributed by atoms with Crippen molar-refractivity contribution in [2.75, 3.05) is 0 Å². The number of nitrogens with zero attached hydrogens (tertiary/aromatic N) is 4. The Labute approximate surface area is 300 Å². The summed E-state index contributed by atoms with van der Waals surface area (Å²) in [6.07, 6.45) is 10.2. The molecule has 4 nitrogen and oxygen atoms in total. The molecule has 0 spiro atoms. The predicted octanol–water partition coefficient (Wildman–Crippen LogP) is 11.8. The Kier molecular flexibility index (Phi) is 6.74. The van der Waals surface area contributed by atoms with E-state index in [2.05, 4.69) is 155 Å². The maximum Gasteiger partial charge on any atom is 0.143 e. The molecule has 10 rings (SSSR count). The lowest BCUT2D eigenvalue weighted by Gasteiger charge is -2.24. The van der Waals surface area contributed by atoms with Crippen molar-refractivity contribution in [1.82, 2.24) is 8.87 Å². The van der Waals surface area contributed by atoms with Crippen molar-refractivity contribution < 1.29 is 0 Å². The van der Waals surface area contributed by atoms with Crippen molar-refractivity contribution in [1.29, 1.82) is 5.26 Å². The van der Waals surface area contributed by atoms with Crippen LogP contribution in [0.4, 0.5) is 0 Å². The summed E-state index contributed by atoms with van der Waals surface area (Å²) in [6.45, 7) is 4.27. The monoisotopic (exact) mass is 670 g/mol. The van der Waals surface area contributed by atoms with E-state index in [9.17, 15) is 5.26 Å². The summed E-state index contributed by atoms with van der Waals surface area (Å²) in [6, 6.07) is 45.8. The van der Waals surface area contributed by atoms with Gasteiger partial charge in [0.1, 0.15) is 5.84 Å². The Balaban J connectivity index is 1.19. The van der Waals surface area contributed by atoms with Crippen LogP contribution in [0.5, 0.6) is 0 Å². The van der Waals surface area contributed by atoms with Crippen molar-refractivity contribution in [3.63, 3.8) is 0 Å². The highest BCUT2D eigenvalue weighted by Crippen LogP contribution is 2.46. The Morgan fingerprint density at radius 1 is 0.706 bits per heavy atom. The number of amidine groups is 1. The van der Waals surface area contributed by atoms with Gasteiger partial charge in [-0.05, 0) is 117 Å². The number of aliphatic imine (C=N–C) groups is 1. The van der Waals surface area contributed by atoms with E-state index in [1.165, 1.54) is 49.2 Å². The zero-order valence-electron chi connectivity index (χ0n) is 27.7. The van der Waals surface area contributed by atoms with E-state index in [0.717, 1.165) is 62.9 Å². The first kappa shape index (κ1) is 29.6. The van der Waals surface area contributed by atoms with Gasteiger partial charge in [-0.1, -0.05) is 97.6 Å². The summed E-state index contributed by atoms with van der Waals surface area (Å²) < 4.78 is 4.49. The fraction of sp³-hybridized carbons (Fsp3) is 0.0435. The molecule has 51 heavy (non-hydrogen) atoms. The number of hydrogen-bond acceptors (Lipinski definition) is 4. The van der Waals surface area contributed by atoms with Crippen LogP contribution in [0.25, 0.3) is 66.6 Å². The standard InChI is InChI=1S/C46H30N4S/c1-29-34-13-9-10-18-43(34)51-49-28-32(21-24-44(49)48-29)46-38-16-7-5-14-36(38)45(37-15-6-8-17-39(37)46)31-20-23-41-40(26-31)35-22-19-30(27-47)25-42(35)50(41)33-11-3-2-4-12-33/h2-18,20-21,23-26,28H,1,19,22H2. The number of aromatic nitrogens is 1. The molecule has 3 heterocycles. The molecule has 0 bridgehead atoms. The van der Waals surface area contributed by atoms with Gasteiger partial charge in [-0.3, -0.25) is 4.31 Å². The van der Waals surface area contributed by atoms with E-state index in [-0.39, 0.29) is 0 Å². The Hall–Kier alpha value is -6.35. The molecule has 0 saturated carbocycles. The lowest BCUT2D eigenvalue weighted by atomic mass is 9.85. The largest absolute Gasteiger partial charge is 0.310 e.